The molecule has 0 radical (unpaired) electrons. The molecule has 0 unspecified atom stereocenters. The molecular weight excluding hydrogens is 380 g/mol. The number of thioether (sulfide) groups is 1. The van der Waals surface area contributed by atoms with Crippen LogP contribution in [0.15, 0.2) is 35.2 Å². The Morgan fingerprint density at radius 2 is 1.70 bits per heavy atom. The minimum absolute atomic E-state index is 0.0769. The molecule has 1 N–H and O–H groups in total. The lowest BCUT2D eigenvalue weighted by Gasteiger charge is -2.30. The Morgan fingerprint density at radius 3 is 2.37 bits per heavy atom. The van der Waals surface area contributed by atoms with Crippen molar-refractivity contribution >= 4 is 27.7 Å². The van der Waals surface area contributed by atoms with Crippen LogP contribution < -0.4 is 5.32 Å². The van der Waals surface area contributed by atoms with E-state index in [4.69, 9.17) is 0 Å². The topological polar surface area (TPSA) is 66.5 Å². The molecule has 2 fully saturated rings. The van der Waals surface area contributed by atoms with Gasteiger partial charge in [0, 0.05) is 36.6 Å². The zero-order chi connectivity index (χ0) is 19.1. The van der Waals surface area contributed by atoms with E-state index >= 15 is 0 Å². The van der Waals surface area contributed by atoms with Gasteiger partial charge in [0.25, 0.3) is 0 Å². The van der Waals surface area contributed by atoms with Crippen LogP contribution in [-0.2, 0) is 14.8 Å². The molecule has 0 bridgehead atoms. The summed E-state index contributed by atoms with van der Waals surface area (Å²) in [6, 6.07) is 8.52. The van der Waals surface area contributed by atoms with Crippen molar-refractivity contribution in [1.29, 1.82) is 0 Å². The Bertz CT molecular complexity index is 695. The number of nitrogens with one attached hydrogen (secondary N) is 1. The maximum atomic E-state index is 12.6. The summed E-state index contributed by atoms with van der Waals surface area (Å²) < 4.78 is 26.8. The normalized spacial score (nSPS) is 20.4. The third-order valence-corrected chi connectivity index (χ3v) is 8.81. The molecule has 1 heterocycles. The quantitative estimate of drug-likeness (QED) is 0.701. The summed E-state index contributed by atoms with van der Waals surface area (Å²) in [4.78, 5) is 12.7. The van der Waals surface area contributed by atoms with Gasteiger partial charge in [-0.1, -0.05) is 37.5 Å². The molecule has 1 saturated carbocycles. The third kappa shape index (κ3) is 5.72. The van der Waals surface area contributed by atoms with Gasteiger partial charge in [0.05, 0.1) is 4.90 Å². The zero-order valence-electron chi connectivity index (χ0n) is 15.8. The maximum Gasteiger partial charge on any atom is 0.243 e. The van der Waals surface area contributed by atoms with Gasteiger partial charge in [0.15, 0.2) is 0 Å². The largest absolute Gasteiger partial charge is 0.355 e. The highest BCUT2D eigenvalue weighted by atomic mass is 32.2. The van der Waals surface area contributed by atoms with Gasteiger partial charge in [0.1, 0.15) is 0 Å². The molecule has 1 aliphatic carbocycles. The molecule has 0 spiro atoms. The Labute approximate surface area is 167 Å². The Morgan fingerprint density at radius 1 is 1.04 bits per heavy atom. The summed E-state index contributed by atoms with van der Waals surface area (Å²) in [6.45, 7) is 1.53. The van der Waals surface area contributed by atoms with Gasteiger partial charge in [-0.25, -0.2) is 8.42 Å². The molecule has 2 aliphatic rings. The van der Waals surface area contributed by atoms with Crippen molar-refractivity contribution in [3.8, 4) is 0 Å². The van der Waals surface area contributed by atoms with Crippen molar-refractivity contribution in [2.45, 2.75) is 55.1 Å². The van der Waals surface area contributed by atoms with Crippen LogP contribution >= 0.6 is 11.8 Å². The van der Waals surface area contributed by atoms with Crippen molar-refractivity contribution in [3.05, 3.63) is 30.3 Å². The zero-order valence-corrected chi connectivity index (χ0v) is 17.4. The molecule has 1 aromatic rings. The number of rotatable bonds is 7. The van der Waals surface area contributed by atoms with Crippen molar-refractivity contribution in [2.75, 3.05) is 25.4 Å². The van der Waals surface area contributed by atoms with Crippen molar-refractivity contribution in [1.82, 2.24) is 9.62 Å². The molecule has 3 rings (SSSR count). The second-order valence-electron chi connectivity index (χ2n) is 7.41. The Kier molecular flexibility index (Phi) is 7.61. The average Bonchev–Trinajstić information content (AvgIpc) is 2.72. The van der Waals surface area contributed by atoms with E-state index in [-0.39, 0.29) is 11.8 Å². The van der Waals surface area contributed by atoms with Crippen LogP contribution in [0.4, 0.5) is 0 Å². The van der Waals surface area contributed by atoms with E-state index in [0.29, 0.717) is 37.4 Å². The molecule has 5 nitrogen and oxygen atoms in total. The first-order chi connectivity index (χ1) is 13.1. The van der Waals surface area contributed by atoms with E-state index in [1.807, 2.05) is 17.8 Å². The highest BCUT2D eigenvalue weighted by Gasteiger charge is 2.31. The summed E-state index contributed by atoms with van der Waals surface area (Å²) in [5.74, 6) is 0.973. The molecule has 0 atom stereocenters. The number of amides is 1. The van der Waals surface area contributed by atoms with Crippen LogP contribution in [0.1, 0.15) is 44.9 Å². The number of sulfonamides is 1. The predicted octanol–water partition coefficient (Wildman–Crippen LogP) is 3.27. The lowest BCUT2D eigenvalue weighted by atomic mass is 9.97. The second kappa shape index (κ2) is 9.94. The summed E-state index contributed by atoms with van der Waals surface area (Å²) in [7, 11) is -3.45. The molecular formula is C20H30N2O3S2. The van der Waals surface area contributed by atoms with Gasteiger partial charge >= 0.3 is 0 Å². The van der Waals surface area contributed by atoms with Gasteiger partial charge in [-0.3, -0.25) is 4.79 Å². The molecule has 1 amide bonds. The monoisotopic (exact) mass is 410 g/mol. The smallest absolute Gasteiger partial charge is 0.243 e. The summed E-state index contributed by atoms with van der Waals surface area (Å²) >= 11 is 1.99. The van der Waals surface area contributed by atoms with E-state index in [9.17, 15) is 13.2 Å². The molecule has 0 aromatic heterocycles. The number of benzene rings is 1. The molecule has 7 heteroatoms. The van der Waals surface area contributed by atoms with E-state index in [0.717, 1.165) is 11.0 Å². The van der Waals surface area contributed by atoms with Crippen LogP contribution in [0.3, 0.4) is 0 Å². The van der Waals surface area contributed by atoms with Gasteiger partial charge in [-0.2, -0.15) is 16.1 Å². The van der Waals surface area contributed by atoms with Crippen LogP contribution in [0.2, 0.25) is 0 Å². The predicted molar refractivity (Wildman–Crippen MR) is 110 cm³/mol. The second-order valence-corrected chi connectivity index (χ2v) is 10.8. The van der Waals surface area contributed by atoms with E-state index in [1.165, 1.54) is 36.4 Å². The number of piperidine rings is 1. The summed E-state index contributed by atoms with van der Waals surface area (Å²) in [6.07, 6.45) is 7.86. The average molecular weight is 411 g/mol. The van der Waals surface area contributed by atoms with E-state index < -0.39 is 10.0 Å². The molecule has 150 valence electrons. The molecule has 27 heavy (non-hydrogen) atoms. The SMILES string of the molecule is O=C(NCCSC1CCCCC1)C1CCN(S(=O)(=O)c2ccccc2)CC1. The van der Waals surface area contributed by atoms with Crippen LogP contribution in [0.5, 0.6) is 0 Å². The van der Waals surface area contributed by atoms with Gasteiger partial charge in [0.2, 0.25) is 15.9 Å². The first-order valence-corrected chi connectivity index (χ1v) is 12.5. The van der Waals surface area contributed by atoms with Gasteiger partial charge < -0.3 is 5.32 Å². The first-order valence-electron chi connectivity index (χ1n) is 10.0. The lowest BCUT2D eigenvalue weighted by molar-refractivity contribution is -0.125. The number of carbonyl (C=O) groups excluding carboxylic acids is 1. The third-order valence-electron chi connectivity index (χ3n) is 5.51. The van der Waals surface area contributed by atoms with E-state index in [1.54, 1.807) is 24.3 Å². The fourth-order valence-corrected chi connectivity index (χ4v) is 6.59. The Hall–Kier alpha value is -1.05. The minimum Gasteiger partial charge on any atom is -0.355 e. The van der Waals surface area contributed by atoms with Crippen molar-refractivity contribution in [3.63, 3.8) is 0 Å². The van der Waals surface area contributed by atoms with Crippen LogP contribution in [0, 0.1) is 5.92 Å². The van der Waals surface area contributed by atoms with Crippen molar-refractivity contribution < 1.29 is 13.2 Å². The minimum atomic E-state index is -3.45. The maximum absolute atomic E-state index is 12.6. The summed E-state index contributed by atoms with van der Waals surface area (Å²) in [5.41, 5.74) is 0. The molecule has 1 aliphatic heterocycles. The van der Waals surface area contributed by atoms with Crippen LogP contribution in [0.25, 0.3) is 0 Å². The standard InChI is InChI=1S/C20H30N2O3S2/c23-20(21-13-16-26-18-7-3-1-4-8-18)17-11-14-22(15-12-17)27(24,25)19-9-5-2-6-10-19/h2,5-6,9-10,17-18H,1,3-4,7-8,11-16H2,(H,21,23). The van der Waals surface area contributed by atoms with Crippen molar-refractivity contribution in [2.24, 2.45) is 5.92 Å². The number of hydrogen-bond acceptors (Lipinski definition) is 4. The summed E-state index contributed by atoms with van der Waals surface area (Å²) in [5, 5.41) is 3.82. The molecule has 1 aromatic carbocycles. The number of carbonyl (C=O) groups is 1. The fourth-order valence-electron chi connectivity index (χ4n) is 3.88. The van der Waals surface area contributed by atoms with Gasteiger partial charge in [-0.15, -0.1) is 0 Å². The highest BCUT2D eigenvalue weighted by molar-refractivity contribution is 7.99. The number of hydrogen-bond donors (Lipinski definition) is 1. The Balaban J connectivity index is 1.39. The highest BCUT2D eigenvalue weighted by Crippen LogP contribution is 2.28. The number of nitrogens with zero attached hydrogens (tertiary/aromatic N) is 1. The first kappa shape index (κ1) is 20.7. The van der Waals surface area contributed by atoms with Gasteiger partial charge in [-0.05, 0) is 37.8 Å². The lowest BCUT2D eigenvalue weighted by Crippen LogP contribution is -2.43. The van der Waals surface area contributed by atoms with Crippen LogP contribution in [-0.4, -0.2) is 49.3 Å². The molecule has 1 saturated heterocycles. The van der Waals surface area contributed by atoms with E-state index in [2.05, 4.69) is 5.32 Å². The fraction of sp³-hybridized carbons (Fsp3) is 0.650.